The highest BCUT2D eigenvalue weighted by Gasteiger charge is 2.48. The molecule has 1 fully saturated rings. The zero-order valence-electron chi connectivity index (χ0n) is 36.0. The third-order valence-electron chi connectivity index (χ3n) is 10.8. The number of hydrogen-bond donors (Lipinski definition) is 7. The Morgan fingerprint density at radius 1 is 0.690 bits per heavy atom. The summed E-state index contributed by atoms with van der Waals surface area (Å²) in [4.78, 5) is 13.1. The van der Waals surface area contributed by atoms with E-state index in [1.54, 1.807) is 0 Å². The molecule has 0 aliphatic carbocycles. The summed E-state index contributed by atoms with van der Waals surface area (Å²) in [7, 11) is -5.12. The number of ether oxygens (including phenoxy) is 2. The predicted octanol–water partition coefficient (Wildman–Crippen LogP) is 7.52. The molecule has 0 bridgehead atoms. The molecule has 1 heterocycles. The van der Waals surface area contributed by atoms with E-state index in [2.05, 4.69) is 35.5 Å². The molecule has 13 nitrogen and oxygen atoms in total. The van der Waals surface area contributed by atoms with Crippen molar-refractivity contribution in [3.05, 3.63) is 24.3 Å². The maximum absolute atomic E-state index is 13.1. The Morgan fingerprint density at radius 3 is 1.60 bits per heavy atom. The van der Waals surface area contributed by atoms with Crippen molar-refractivity contribution < 1.29 is 57.0 Å². The summed E-state index contributed by atoms with van der Waals surface area (Å²) >= 11 is 0. The average molecular weight is 850 g/mol. The quantitative estimate of drug-likeness (QED) is 0.0183. The van der Waals surface area contributed by atoms with E-state index in [1.165, 1.54) is 96.0 Å². The standard InChI is InChI=1S/C44H83NO12S/c1-3-5-7-9-11-13-15-17-18-19-21-23-25-27-29-31-33-38(48)43(51)45-36(37(47)32-30-28-26-24-22-20-16-14-12-10-8-6-4-2)35-55-44-41(50)42(57-58(52,53)54)40(49)39(34-46)56-44/h17-18,30,32,36-42,44,46-50H,3-16,19-29,31,33-35H2,1-2H3,(H,45,51)(H,52,53,54)/b18-17-,32-30+. The smallest absolute Gasteiger partial charge is 0.394 e. The highest BCUT2D eigenvalue weighted by atomic mass is 32.3. The van der Waals surface area contributed by atoms with E-state index in [4.69, 9.17) is 14.0 Å². The van der Waals surface area contributed by atoms with Crippen LogP contribution in [0.25, 0.3) is 0 Å². The molecule has 1 amide bonds. The van der Waals surface area contributed by atoms with Crippen molar-refractivity contribution in [2.45, 2.75) is 236 Å². The van der Waals surface area contributed by atoms with E-state index in [9.17, 15) is 38.7 Å². The van der Waals surface area contributed by atoms with Crippen LogP contribution < -0.4 is 5.32 Å². The fraction of sp³-hybridized carbons (Fsp3) is 0.886. The van der Waals surface area contributed by atoms with E-state index in [0.717, 1.165) is 64.2 Å². The molecule has 7 N–H and O–H groups in total. The Bertz CT molecular complexity index is 1160. The number of carbonyl (C=O) groups excluding carboxylic acids is 1. The second kappa shape index (κ2) is 35.2. The van der Waals surface area contributed by atoms with Gasteiger partial charge >= 0.3 is 10.4 Å². The number of hydrogen-bond acceptors (Lipinski definition) is 11. The fourth-order valence-electron chi connectivity index (χ4n) is 7.16. The number of aliphatic hydroxyl groups is 5. The van der Waals surface area contributed by atoms with Crippen molar-refractivity contribution in [2.75, 3.05) is 13.2 Å². The van der Waals surface area contributed by atoms with Gasteiger partial charge in [-0.25, -0.2) is 4.18 Å². The Morgan fingerprint density at radius 2 is 1.14 bits per heavy atom. The lowest BCUT2D eigenvalue weighted by Gasteiger charge is -2.41. The van der Waals surface area contributed by atoms with E-state index in [0.29, 0.717) is 12.8 Å². The molecule has 1 rings (SSSR count). The fourth-order valence-corrected chi connectivity index (χ4v) is 7.67. The summed E-state index contributed by atoms with van der Waals surface area (Å²) in [5.41, 5.74) is 0. The summed E-state index contributed by atoms with van der Waals surface area (Å²) in [6.07, 6.45) is 26.9. The zero-order valence-corrected chi connectivity index (χ0v) is 36.8. The van der Waals surface area contributed by atoms with Gasteiger partial charge in [0.05, 0.1) is 25.4 Å². The van der Waals surface area contributed by atoms with Gasteiger partial charge in [-0.1, -0.05) is 167 Å². The molecule has 1 saturated heterocycles. The topological polar surface area (TPSA) is 212 Å². The summed E-state index contributed by atoms with van der Waals surface area (Å²) in [5.74, 6) is -0.708. The van der Waals surface area contributed by atoms with Crippen molar-refractivity contribution in [2.24, 2.45) is 0 Å². The molecule has 0 aromatic rings. The average Bonchev–Trinajstić information content (AvgIpc) is 3.19. The predicted molar refractivity (Wildman–Crippen MR) is 228 cm³/mol. The van der Waals surface area contributed by atoms with Crippen LogP contribution in [0.4, 0.5) is 0 Å². The first-order chi connectivity index (χ1) is 27.9. The summed E-state index contributed by atoms with van der Waals surface area (Å²) in [6.45, 7) is 3.19. The number of unbranched alkanes of at least 4 members (excludes halogenated alkanes) is 23. The minimum absolute atomic E-state index is 0.237. The van der Waals surface area contributed by atoms with E-state index >= 15 is 0 Å². The number of amides is 1. The van der Waals surface area contributed by atoms with E-state index in [1.807, 2.05) is 6.08 Å². The van der Waals surface area contributed by atoms with Gasteiger partial charge in [-0.3, -0.25) is 9.35 Å². The second-order valence-corrected chi connectivity index (χ2v) is 17.2. The van der Waals surface area contributed by atoms with Crippen molar-refractivity contribution >= 4 is 16.3 Å². The van der Waals surface area contributed by atoms with Gasteiger partial charge in [0.1, 0.15) is 30.5 Å². The van der Waals surface area contributed by atoms with Crippen LogP contribution in [0, 0.1) is 0 Å². The molecule has 14 heteroatoms. The van der Waals surface area contributed by atoms with Gasteiger partial charge in [-0.05, 0) is 44.9 Å². The van der Waals surface area contributed by atoms with Gasteiger partial charge in [-0.15, -0.1) is 0 Å². The van der Waals surface area contributed by atoms with Crippen LogP contribution in [0.15, 0.2) is 24.3 Å². The van der Waals surface area contributed by atoms with Gasteiger partial charge in [0.15, 0.2) is 6.29 Å². The molecule has 1 aliphatic rings. The normalized spacial score (nSPS) is 21.8. The van der Waals surface area contributed by atoms with Crippen LogP contribution in [0.2, 0.25) is 0 Å². The molecule has 0 radical (unpaired) electrons. The van der Waals surface area contributed by atoms with Crippen molar-refractivity contribution in [3.8, 4) is 0 Å². The van der Waals surface area contributed by atoms with Crippen LogP contribution in [0.1, 0.15) is 187 Å². The SMILES string of the molecule is CCCCCCCC/C=C\CCCCCCCCC(O)C(=O)NC(COC1OC(CO)C(O)C(OS(=O)(=O)O)C1O)C(O)/C=C/CCCCCCCCCCCCC. The lowest BCUT2D eigenvalue weighted by molar-refractivity contribution is -0.298. The van der Waals surface area contributed by atoms with Gasteiger partial charge in [0.25, 0.3) is 0 Å². The number of rotatable bonds is 38. The first kappa shape index (κ1) is 54.6. The molecule has 8 unspecified atom stereocenters. The van der Waals surface area contributed by atoms with E-state index < -0.39 is 78.5 Å². The molecular weight excluding hydrogens is 767 g/mol. The van der Waals surface area contributed by atoms with Crippen LogP contribution in [-0.2, 0) is 28.9 Å². The van der Waals surface area contributed by atoms with Gasteiger partial charge in [-0.2, -0.15) is 8.42 Å². The monoisotopic (exact) mass is 850 g/mol. The van der Waals surface area contributed by atoms with Crippen LogP contribution in [0.3, 0.4) is 0 Å². The number of allylic oxidation sites excluding steroid dienone is 3. The van der Waals surface area contributed by atoms with E-state index in [-0.39, 0.29) is 6.42 Å². The Kier molecular flexibility index (Phi) is 33.1. The lowest BCUT2D eigenvalue weighted by atomic mass is 9.99. The van der Waals surface area contributed by atoms with Crippen molar-refractivity contribution in [1.82, 2.24) is 5.32 Å². The van der Waals surface area contributed by atoms with Crippen molar-refractivity contribution in [3.63, 3.8) is 0 Å². The lowest BCUT2D eigenvalue weighted by Crippen LogP contribution is -2.61. The maximum Gasteiger partial charge on any atom is 0.397 e. The van der Waals surface area contributed by atoms with Crippen LogP contribution in [-0.4, -0.2) is 107 Å². The first-order valence-electron chi connectivity index (χ1n) is 22.8. The third kappa shape index (κ3) is 27.4. The summed E-state index contributed by atoms with van der Waals surface area (Å²) < 4.78 is 47.4. The maximum atomic E-state index is 13.1. The first-order valence-corrected chi connectivity index (χ1v) is 24.2. The molecule has 1 aliphatic heterocycles. The third-order valence-corrected chi connectivity index (χ3v) is 11.3. The Balaban J connectivity index is 2.60. The summed E-state index contributed by atoms with van der Waals surface area (Å²) in [6, 6.07) is -1.12. The minimum Gasteiger partial charge on any atom is -0.394 e. The summed E-state index contributed by atoms with van der Waals surface area (Å²) in [5, 5.41) is 55.1. The highest BCUT2D eigenvalue weighted by Crippen LogP contribution is 2.26. The van der Waals surface area contributed by atoms with Gasteiger partial charge in [0.2, 0.25) is 5.91 Å². The largest absolute Gasteiger partial charge is 0.397 e. The molecule has 0 saturated carbocycles. The molecule has 342 valence electrons. The molecular formula is C44H83NO12S. The molecule has 0 spiro atoms. The minimum atomic E-state index is -5.12. The second-order valence-electron chi connectivity index (χ2n) is 16.1. The highest BCUT2D eigenvalue weighted by molar-refractivity contribution is 7.80. The molecule has 58 heavy (non-hydrogen) atoms. The molecule has 0 aromatic heterocycles. The Hall–Kier alpha value is -1.46. The molecule has 0 aromatic carbocycles. The van der Waals surface area contributed by atoms with Crippen molar-refractivity contribution in [1.29, 1.82) is 0 Å². The number of nitrogens with one attached hydrogen (secondary N) is 1. The zero-order chi connectivity index (χ0) is 42.9. The van der Waals surface area contributed by atoms with Crippen LogP contribution >= 0.6 is 0 Å². The number of aliphatic hydroxyl groups excluding tert-OH is 5. The number of carbonyl (C=O) groups is 1. The van der Waals surface area contributed by atoms with Gasteiger partial charge in [0, 0.05) is 0 Å². The van der Waals surface area contributed by atoms with Crippen LogP contribution in [0.5, 0.6) is 0 Å². The Labute approximate surface area is 351 Å². The molecule has 8 atom stereocenters. The van der Waals surface area contributed by atoms with Gasteiger partial charge < -0.3 is 40.3 Å².